The van der Waals surface area contributed by atoms with Crippen LogP contribution in [0.1, 0.15) is 53.6 Å². The molecule has 212 valence electrons. The third kappa shape index (κ3) is 8.22. The summed E-state index contributed by atoms with van der Waals surface area (Å²) in [5.74, 6) is -0.199. The molecule has 3 nitrogen and oxygen atoms in total. The number of aryl methyl sites for hydroxylation is 6. The molecule has 0 saturated heterocycles. The molecule has 0 aliphatic rings. The third-order valence-electron chi connectivity index (χ3n) is 7.00. The van der Waals surface area contributed by atoms with Crippen LogP contribution in [-0.2, 0) is 21.1 Å². The number of aromatic nitrogens is 1. The summed E-state index contributed by atoms with van der Waals surface area (Å²) in [6.07, 6.45) is 0.585. The first-order valence-electron chi connectivity index (χ1n) is 13.6. The fourth-order valence-corrected chi connectivity index (χ4v) is 5.71. The minimum absolute atomic E-state index is 0. The molecule has 4 rings (SSSR count). The minimum atomic E-state index is -0.688. The second kappa shape index (κ2) is 14.9. The fourth-order valence-electron chi connectivity index (χ4n) is 5.71. The Hall–Kier alpha value is -2.59. The Kier molecular flexibility index (Phi) is 12.5. The number of hydrogen-bond acceptors (Lipinski definition) is 3. The average Bonchev–Trinajstić information content (AvgIpc) is 2.82. The monoisotopic (exact) mass is 718 g/mol. The molecule has 0 aliphatic carbocycles. The predicted octanol–water partition coefficient (Wildman–Crippen LogP) is 4.13. The van der Waals surface area contributed by atoms with Gasteiger partial charge in [-0.1, -0.05) is 107 Å². The van der Waals surface area contributed by atoms with Gasteiger partial charge in [0.15, 0.2) is 0 Å². The largest absolute Gasteiger partial charge is 2.00 e. The van der Waals surface area contributed by atoms with Crippen LogP contribution in [0.4, 0.5) is 4.39 Å². The van der Waals surface area contributed by atoms with Gasteiger partial charge in [0.05, 0.1) is 5.69 Å². The smallest absolute Gasteiger partial charge is 0.852 e. The first-order valence-corrected chi connectivity index (χ1v) is 13.6. The zero-order valence-electron chi connectivity index (χ0n) is 24.7. The molecule has 2 atom stereocenters. The van der Waals surface area contributed by atoms with E-state index in [0.717, 1.165) is 0 Å². The van der Waals surface area contributed by atoms with Gasteiger partial charge in [-0.3, -0.25) is 4.98 Å². The summed E-state index contributed by atoms with van der Waals surface area (Å²) < 4.78 is 16.2. The van der Waals surface area contributed by atoms with Gasteiger partial charge in [0.25, 0.3) is 0 Å². The van der Waals surface area contributed by atoms with Gasteiger partial charge < -0.3 is 10.2 Å². The van der Waals surface area contributed by atoms with Crippen molar-refractivity contribution in [2.45, 2.75) is 74.0 Å². The SMILES string of the molecule is CC([O-])CC(C)[O-].Cc1cc(C)c(B(c2cccc(-c3ccccn3)c2F)c2c(C)cc(C)cc2C)c(C)c1.[Pt+2]. The molecular weight excluding hydrogens is 679 g/mol. The number of pyridine rings is 1. The minimum Gasteiger partial charge on any atom is -0.852 e. The molecule has 0 saturated carbocycles. The van der Waals surface area contributed by atoms with Gasteiger partial charge in [0.2, 0.25) is 6.71 Å². The van der Waals surface area contributed by atoms with Crippen LogP contribution in [0.25, 0.3) is 11.3 Å². The molecule has 3 aromatic carbocycles. The Morgan fingerprint density at radius 2 is 1.20 bits per heavy atom. The molecule has 40 heavy (non-hydrogen) atoms. The zero-order chi connectivity index (χ0) is 28.9. The number of rotatable bonds is 6. The summed E-state index contributed by atoms with van der Waals surface area (Å²) in [6.45, 7) is 15.6. The third-order valence-corrected chi connectivity index (χ3v) is 7.00. The Morgan fingerprint density at radius 3 is 1.57 bits per heavy atom. The van der Waals surface area contributed by atoms with Gasteiger partial charge >= 0.3 is 21.1 Å². The molecule has 0 aliphatic heterocycles. The number of nitrogens with zero attached hydrogens (tertiary/aromatic N) is 1. The summed E-state index contributed by atoms with van der Waals surface area (Å²) in [5.41, 5.74) is 11.5. The molecule has 0 N–H and O–H groups in total. The second-order valence-electron chi connectivity index (χ2n) is 10.8. The van der Waals surface area contributed by atoms with Crippen LogP contribution in [0.15, 0.2) is 66.9 Å². The van der Waals surface area contributed by atoms with Gasteiger partial charge in [-0.15, -0.1) is 12.2 Å². The summed E-state index contributed by atoms with van der Waals surface area (Å²) >= 11 is 0. The molecule has 0 spiro atoms. The van der Waals surface area contributed by atoms with E-state index in [1.807, 2.05) is 36.4 Å². The summed E-state index contributed by atoms with van der Waals surface area (Å²) in [5, 5.41) is 20.3. The zero-order valence-corrected chi connectivity index (χ0v) is 27.0. The number of halogens is 1. The average molecular weight is 719 g/mol. The summed E-state index contributed by atoms with van der Waals surface area (Å²) in [4.78, 5) is 4.41. The van der Waals surface area contributed by atoms with E-state index in [1.54, 1.807) is 6.20 Å². The molecule has 1 aromatic heterocycles. The van der Waals surface area contributed by atoms with Crippen LogP contribution in [0.3, 0.4) is 0 Å². The van der Waals surface area contributed by atoms with Crippen molar-refractivity contribution in [3.63, 3.8) is 0 Å². The van der Waals surface area contributed by atoms with Gasteiger partial charge in [-0.25, -0.2) is 4.39 Å². The van der Waals surface area contributed by atoms with E-state index in [-0.39, 0.29) is 40.0 Å². The second-order valence-corrected chi connectivity index (χ2v) is 10.8. The Bertz CT molecular complexity index is 1310. The predicted molar refractivity (Wildman–Crippen MR) is 159 cm³/mol. The molecule has 4 aromatic rings. The van der Waals surface area contributed by atoms with Crippen molar-refractivity contribution < 1.29 is 35.7 Å². The Balaban J connectivity index is 0.000000623. The fraction of sp³-hybridized carbons (Fsp3) is 0.324. The maximum Gasteiger partial charge on any atom is 2.00 e. The first-order chi connectivity index (χ1) is 18.4. The Morgan fingerprint density at radius 1 is 0.725 bits per heavy atom. The molecule has 2 unspecified atom stereocenters. The van der Waals surface area contributed by atoms with E-state index in [4.69, 9.17) is 0 Å². The van der Waals surface area contributed by atoms with Crippen molar-refractivity contribution in [3.05, 3.63) is 106 Å². The standard InChI is InChI=1S/C29H29BFN.C5H10O2.Pt/c1-18-14-20(3)27(21(4)15-18)30(28-22(5)16-19(2)17-23(28)6)25-11-9-10-24(29(25)31)26-12-7-8-13-32-26;1-4(6)3-5(2)7;/h7-17H,1-6H3;4-5H,3H2,1-2H3;/q;-2;+2. The molecule has 0 radical (unpaired) electrons. The number of hydrogen-bond donors (Lipinski definition) is 0. The van der Waals surface area contributed by atoms with Gasteiger partial charge in [0.1, 0.15) is 5.82 Å². The molecule has 0 bridgehead atoms. The van der Waals surface area contributed by atoms with Crippen molar-refractivity contribution in [2.75, 3.05) is 0 Å². The van der Waals surface area contributed by atoms with Crippen LogP contribution in [-0.4, -0.2) is 23.9 Å². The van der Waals surface area contributed by atoms with E-state index < -0.39 is 12.2 Å². The van der Waals surface area contributed by atoms with Crippen LogP contribution in [0, 0.1) is 47.4 Å². The summed E-state index contributed by atoms with van der Waals surface area (Å²) in [6, 6.07) is 20.1. The summed E-state index contributed by atoms with van der Waals surface area (Å²) in [7, 11) is 0. The van der Waals surface area contributed by atoms with E-state index in [2.05, 4.69) is 70.8 Å². The van der Waals surface area contributed by atoms with E-state index in [0.29, 0.717) is 16.7 Å². The van der Waals surface area contributed by atoms with Gasteiger partial charge in [0, 0.05) is 11.8 Å². The molecule has 0 fully saturated rings. The van der Waals surface area contributed by atoms with Crippen LogP contribution in [0.2, 0.25) is 0 Å². The van der Waals surface area contributed by atoms with Crippen LogP contribution < -0.4 is 26.6 Å². The maximum absolute atomic E-state index is 16.2. The topological polar surface area (TPSA) is 59.0 Å². The van der Waals surface area contributed by atoms with E-state index >= 15 is 4.39 Å². The van der Waals surface area contributed by atoms with Crippen molar-refractivity contribution >= 4 is 23.1 Å². The molecule has 0 amide bonds. The molecular formula is C34H39BFNO2Pt. The van der Waals surface area contributed by atoms with Crippen LogP contribution >= 0.6 is 0 Å². The quantitative estimate of drug-likeness (QED) is 0.282. The van der Waals surface area contributed by atoms with Crippen molar-refractivity contribution in [1.29, 1.82) is 0 Å². The normalized spacial score (nSPS) is 12.1. The maximum atomic E-state index is 16.2. The number of benzene rings is 3. The Labute approximate surface area is 254 Å². The molecule has 1 heterocycles. The van der Waals surface area contributed by atoms with Crippen LogP contribution in [0.5, 0.6) is 0 Å². The molecule has 6 heteroatoms. The van der Waals surface area contributed by atoms with Gasteiger partial charge in [-0.2, -0.15) is 0 Å². The van der Waals surface area contributed by atoms with Crippen molar-refractivity contribution in [2.24, 2.45) is 0 Å². The first kappa shape index (κ1) is 33.6. The van der Waals surface area contributed by atoms with E-state index in [1.165, 1.54) is 58.2 Å². The van der Waals surface area contributed by atoms with Gasteiger partial charge in [-0.05, 0) is 65.2 Å². The van der Waals surface area contributed by atoms with Crippen molar-refractivity contribution in [1.82, 2.24) is 4.98 Å². The van der Waals surface area contributed by atoms with Crippen molar-refractivity contribution in [3.8, 4) is 11.3 Å². The van der Waals surface area contributed by atoms with E-state index in [9.17, 15) is 10.2 Å².